The number of nitrogens with one attached hydrogen (secondary N) is 1. The van der Waals surface area contributed by atoms with Crippen LogP contribution in [0.5, 0.6) is 0 Å². The smallest absolute Gasteiger partial charge is 0.372 e. The summed E-state index contributed by atoms with van der Waals surface area (Å²) in [5.41, 5.74) is 3.44. The van der Waals surface area contributed by atoms with Gasteiger partial charge < -0.3 is 10.4 Å². The largest absolute Gasteiger partial charge is 0.433 e. The van der Waals surface area contributed by atoms with Gasteiger partial charge in [-0.15, -0.1) is 0 Å². The third-order valence-corrected chi connectivity index (χ3v) is 5.49. The number of aromatic nitrogens is 4. The van der Waals surface area contributed by atoms with E-state index in [1.807, 2.05) is 18.2 Å². The fraction of sp³-hybridized carbons (Fsp3) is 0.200. The van der Waals surface area contributed by atoms with Crippen molar-refractivity contribution in [3.8, 4) is 28.3 Å². The monoisotopic (exact) mass is 478 g/mol. The molecule has 7 nitrogen and oxygen atoms in total. The van der Waals surface area contributed by atoms with Crippen LogP contribution in [0.3, 0.4) is 0 Å². The Hall–Kier alpha value is -4.23. The van der Waals surface area contributed by atoms with Crippen LogP contribution in [0.25, 0.3) is 22.3 Å². The zero-order valence-corrected chi connectivity index (χ0v) is 18.9. The van der Waals surface area contributed by atoms with Gasteiger partial charge in [0.05, 0.1) is 23.9 Å². The molecule has 4 rings (SSSR count). The molecule has 3 heterocycles. The number of hydrogen-bond donors (Lipinski definition) is 2. The lowest BCUT2D eigenvalue weighted by Gasteiger charge is -2.15. The Morgan fingerprint density at radius 2 is 1.74 bits per heavy atom. The summed E-state index contributed by atoms with van der Waals surface area (Å²) in [5.74, 6) is 0.445. The summed E-state index contributed by atoms with van der Waals surface area (Å²) >= 11 is 0. The van der Waals surface area contributed by atoms with Gasteiger partial charge in [-0.05, 0) is 61.4 Å². The molecule has 0 aliphatic carbocycles. The number of benzene rings is 1. The van der Waals surface area contributed by atoms with Crippen LogP contribution in [-0.2, 0) is 12.7 Å². The molecule has 3 aromatic heterocycles. The molecule has 0 fully saturated rings. The number of anilines is 1. The second-order valence-electron chi connectivity index (χ2n) is 7.94. The first-order chi connectivity index (χ1) is 16.7. The summed E-state index contributed by atoms with van der Waals surface area (Å²) in [6.07, 6.45) is -2.81. The van der Waals surface area contributed by atoms with Gasteiger partial charge in [-0.1, -0.05) is 12.1 Å². The molecule has 4 aromatic rings. The fourth-order valence-corrected chi connectivity index (χ4v) is 3.80. The number of nitrogens with zero attached hydrogens (tertiary/aromatic N) is 5. The zero-order valence-electron chi connectivity index (χ0n) is 18.9. The number of rotatable bonds is 6. The van der Waals surface area contributed by atoms with Crippen LogP contribution in [0.4, 0.5) is 19.0 Å². The molecule has 35 heavy (non-hydrogen) atoms. The second kappa shape index (κ2) is 9.56. The first-order valence-corrected chi connectivity index (χ1v) is 10.6. The van der Waals surface area contributed by atoms with Crippen molar-refractivity contribution in [2.24, 2.45) is 0 Å². The van der Waals surface area contributed by atoms with E-state index in [9.17, 15) is 18.3 Å². The third kappa shape index (κ3) is 5.31. The van der Waals surface area contributed by atoms with Crippen LogP contribution >= 0.6 is 0 Å². The van der Waals surface area contributed by atoms with E-state index in [1.165, 1.54) is 6.07 Å². The van der Waals surface area contributed by atoms with Gasteiger partial charge in [0.2, 0.25) is 0 Å². The van der Waals surface area contributed by atoms with Crippen molar-refractivity contribution in [1.29, 1.82) is 5.26 Å². The Labute approximate surface area is 199 Å². The number of halogens is 3. The molecule has 1 aromatic carbocycles. The Morgan fingerprint density at radius 3 is 2.37 bits per heavy atom. The van der Waals surface area contributed by atoms with E-state index in [1.54, 1.807) is 42.9 Å². The van der Waals surface area contributed by atoms with Crippen LogP contribution in [0, 0.1) is 25.2 Å². The summed E-state index contributed by atoms with van der Waals surface area (Å²) in [7, 11) is 0. The van der Waals surface area contributed by atoms with Crippen molar-refractivity contribution in [2.75, 3.05) is 5.32 Å². The Bertz CT molecular complexity index is 1370. The minimum atomic E-state index is -4.55. The van der Waals surface area contributed by atoms with Gasteiger partial charge in [-0.3, -0.25) is 9.67 Å². The van der Waals surface area contributed by atoms with Crippen molar-refractivity contribution in [3.05, 3.63) is 83.6 Å². The number of hydrogen-bond acceptors (Lipinski definition) is 6. The molecule has 0 saturated carbocycles. The highest BCUT2D eigenvalue weighted by Crippen LogP contribution is 2.33. The molecule has 0 aliphatic rings. The lowest BCUT2D eigenvalue weighted by molar-refractivity contribution is -0.141. The second-order valence-corrected chi connectivity index (χ2v) is 7.94. The lowest BCUT2D eigenvalue weighted by atomic mass is 10.0. The average Bonchev–Trinajstić information content (AvgIpc) is 3.11. The van der Waals surface area contributed by atoms with Gasteiger partial charge in [-0.25, -0.2) is 4.98 Å². The van der Waals surface area contributed by atoms with E-state index < -0.39 is 18.1 Å². The molecule has 1 unspecified atom stereocenters. The van der Waals surface area contributed by atoms with E-state index in [0.717, 1.165) is 23.4 Å². The van der Waals surface area contributed by atoms with E-state index >= 15 is 0 Å². The topological polar surface area (TPSA) is 99.7 Å². The molecule has 0 radical (unpaired) electrons. The summed E-state index contributed by atoms with van der Waals surface area (Å²) in [6.45, 7) is 3.50. The van der Waals surface area contributed by atoms with Crippen LogP contribution in [0.15, 0.2) is 60.9 Å². The minimum absolute atomic E-state index is 0.0585. The number of pyridine rings is 2. The Morgan fingerprint density at radius 1 is 1.03 bits per heavy atom. The van der Waals surface area contributed by atoms with Crippen molar-refractivity contribution in [2.45, 2.75) is 32.8 Å². The minimum Gasteiger partial charge on any atom is -0.372 e. The van der Waals surface area contributed by atoms with Gasteiger partial charge in [0, 0.05) is 29.2 Å². The molecule has 0 spiro atoms. The van der Waals surface area contributed by atoms with E-state index in [4.69, 9.17) is 5.26 Å². The van der Waals surface area contributed by atoms with Gasteiger partial charge in [-0.2, -0.15) is 23.5 Å². The molecule has 0 aliphatic heterocycles. The normalized spacial score (nSPS) is 12.3. The molecule has 0 amide bonds. The van der Waals surface area contributed by atoms with Crippen LogP contribution in [0.1, 0.15) is 22.6 Å². The number of aliphatic hydroxyl groups is 1. The highest BCUT2D eigenvalue weighted by molar-refractivity contribution is 5.68. The maximum absolute atomic E-state index is 13.1. The molecule has 10 heteroatoms. The lowest BCUT2D eigenvalue weighted by Crippen LogP contribution is -2.26. The van der Waals surface area contributed by atoms with Crippen molar-refractivity contribution in [1.82, 2.24) is 19.7 Å². The van der Waals surface area contributed by atoms with E-state index in [-0.39, 0.29) is 6.54 Å². The molecule has 2 N–H and O–H groups in total. The van der Waals surface area contributed by atoms with Gasteiger partial charge in [0.25, 0.3) is 0 Å². The quantitative estimate of drug-likeness (QED) is 0.381. The van der Waals surface area contributed by atoms with E-state index in [2.05, 4.69) is 26.5 Å². The Balaban J connectivity index is 1.47. The number of nitriles is 1. The zero-order chi connectivity index (χ0) is 25.2. The predicted octanol–water partition coefficient (Wildman–Crippen LogP) is 4.94. The summed E-state index contributed by atoms with van der Waals surface area (Å²) in [6, 6.07) is 15.3. The summed E-state index contributed by atoms with van der Waals surface area (Å²) in [4.78, 5) is 7.73. The highest BCUT2D eigenvalue weighted by atomic mass is 19.4. The number of aryl methyl sites for hydroxylation is 1. The van der Waals surface area contributed by atoms with E-state index in [0.29, 0.717) is 33.9 Å². The molecule has 0 bridgehead atoms. The predicted molar refractivity (Wildman–Crippen MR) is 124 cm³/mol. The fourth-order valence-electron chi connectivity index (χ4n) is 3.80. The number of aliphatic hydroxyl groups excluding tert-OH is 1. The maximum atomic E-state index is 13.1. The molecule has 178 valence electrons. The molecular formula is C25H21F3N6O. The van der Waals surface area contributed by atoms with Gasteiger partial charge in [0.1, 0.15) is 17.7 Å². The van der Waals surface area contributed by atoms with Crippen LogP contribution < -0.4 is 5.32 Å². The molecule has 1 atom stereocenters. The van der Waals surface area contributed by atoms with Crippen LogP contribution in [0.2, 0.25) is 0 Å². The SMILES string of the molecule is Cc1nn(CC(O)Nc2ccc(-c3ccc(C#N)cc3)cn2)c(C)c1-c1ccnc(C(F)(F)F)c1. The first kappa shape index (κ1) is 23.9. The maximum Gasteiger partial charge on any atom is 0.433 e. The Kier molecular flexibility index (Phi) is 6.53. The number of alkyl halides is 3. The summed E-state index contributed by atoms with van der Waals surface area (Å²) < 4.78 is 40.8. The third-order valence-electron chi connectivity index (χ3n) is 5.49. The van der Waals surface area contributed by atoms with Gasteiger partial charge >= 0.3 is 6.18 Å². The summed E-state index contributed by atoms with van der Waals surface area (Å²) in [5, 5.41) is 26.8. The molecular weight excluding hydrogens is 457 g/mol. The van der Waals surface area contributed by atoms with Crippen molar-refractivity contribution >= 4 is 5.82 Å². The van der Waals surface area contributed by atoms with Gasteiger partial charge in [0.15, 0.2) is 0 Å². The first-order valence-electron chi connectivity index (χ1n) is 10.6. The average molecular weight is 478 g/mol. The van der Waals surface area contributed by atoms with Crippen molar-refractivity contribution in [3.63, 3.8) is 0 Å². The highest BCUT2D eigenvalue weighted by Gasteiger charge is 2.33. The molecule has 0 saturated heterocycles. The van der Waals surface area contributed by atoms with Crippen molar-refractivity contribution < 1.29 is 18.3 Å². The standard InChI is InChI=1S/C25H21F3N6O/c1-15-24(19-9-10-30-21(11-19)25(26,27)28)16(2)34(33-15)14-23(35)32-22-8-7-20(13-31-22)18-5-3-17(12-29)4-6-18/h3-11,13,23,35H,14H2,1-2H3,(H,31,32). The van der Waals surface area contributed by atoms with Crippen LogP contribution in [-0.4, -0.2) is 31.1 Å².